The van der Waals surface area contributed by atoms with Crippen LogP contribution < -0.4 is 4.90 Å². The zero-order chi connectivity index (χ0) is 20.5. The molecule has 2 aromatic carbocycles. The molecule has 2 aliphatic heterocycles. The summed E-state index contributed by atoms with van der Waals surface area (Å²) in [6.07, 6.45) is 0. The van der Waals surface area contributed by atoms with Crippen LogP contribution in [0.25, 0.3) is 5.57 Å². The van der Waals surface area contributed by atoms with Crippen LogP contribution in [0.15, 0.2) is 54.2 Å². The molecule has 0 radical (unpaired) electrons. The number of rotatable bonds is 4. The predicted octanol–water partition coefficient (Wildman–Crippen LogP) is 3.06. The number of carbonyl (C=O) groups excluding carboxylic acids is 2. The normalized spacial score (nSPS) is 18.2. The van der Waals surface area contributed by atoms with Gasteiger partial charge in [0.05, 0.1) is 11.3 Å². The van der Waals surface area contributed by atoms with Crippen LogP contribution in [0, 0.1) is 12.7 Å². The van der Waals surface area contributed by atoms with Gasteiger partial charge in [-0.3, -0.25) is 9.59 Å². The van der Waals surface area contributed by atoms with Crippen molar-refractivity contribution in [2.45, 2.75) is 13.8 Å². The number of carbonyl (C=O) groups is 2. The molecule has 1 fully saturated rings. The summed E-state index contributed by atoms with van der Waals surface area (Å²) in [6.45, 7) is 8.07. The molecular weight excluding hydrogens is 369 g/mol. The minimum Gasteiger partial charge on any atom is -0.364 e. The van der Waals surface area contributed by atoms with Gasteiger partial charge in [-0.15, -0.1) is 0 Å². The van der Waals surface area contributed by atoms with E-state index in [0.29, 0.717) is 29.9 Å². The Kier molecular flexibility index (Phi) is 5.20. The Labute approximate surface area is 170 Å². The van der Waals surface area contributed by atoms with E-state index in [2.05, 4.69) is 11.8 Å². The summed E-state index contributed by atoms with van der Waals surface area (Å²) in [4.78, 5) is 32.2. The summed E-state index contributed by atoms with van der Waals surface area (Å²) in [5.74, 6) is -1.27. The zero-order valence-electron chi connectivity index (χ0n) is 16.7. The number of amides is 2. The predicted molar refractivity (Wildman–Crippen MR) is 111 cm³/mol. The molecule has 0 saturated carbocycles. The van der Waals surface area contributed by atoms with E-state index in [0.717, 1.165) is 30.1 Å². The molecule has 0 N–H and O–H groups in total. The SMILES string of the molecule is CCN1CCN(C2=C(c3ccc(C)cc3)C(=O)N(c3cccc(F)c3)C2=O)CC1. The van der Waals surface area contributed by atoms with Crippen molar-refractivity contribution in [3.63, 3.8) is 0 Å². The van der Waals surface area contributed by atoms with E-state index in [1.165, 1.54) is 18.2 Å². The molecule has 0 unspecified atom stereocenters. The summed E-state index contributed by atoms with van der Waals surface area (Å²) < 4.78 is 13.8. The number of likely N-dealkylation sites (N-methyl/N-ethyl adjacent to an activating group) is 1. The Hall–Kier alpha value is -2.99. The Bertz CT molecular complexity index is 976. The van der Waals surface area contributed by atoms with Crippen molar-refractivity contribution in [2.24, 2.45) is 0 Å². The first kappa shape index (κ1) is 19.3. The number of nitrogens with zero attached hydrogens (tertiary/aromatic N) is 3. The number of hydrogen-bond donors (Lipinski definition) is 0. The minimum absolute atomic E-state index is 0.256. The van der Waals surface area contributed by atoms with E-state index in [4.69, 9.17) is 0 Å². The van der Waals surface area contributed by atoms with Crippen molar-refractivity contribution < 1.29 is 14.0 Å². The fraction of sp³-hybridized carbons (Fsp3) is 0.304. The van der Waals surface area contributed by atoms with Crippen LogP contribution in [-0.2, 0) is 9.59 Å². The van der Waals surface area contributed by atoms with Gasteiger partial charge in [0.2, 0.25) is 0 Å². The molecule has 5 nitrogen and oxygen atoms in total. The van der Waals surface area contributed by atoms with Crippen LogP contribution in [-0.4, -0.2) is 54.3 Å². The molecule has 2 aliphatic rings. The number of anilines is 1. The average molecular weight is 393 g/mol. The fourth-order valence-electron chi connectivity index (χ4n) is 3.93. The van der Waals surface area contributed by atoms with E-state index in [1.54, 1.807) is 6.07 Å². The first-order valence-corrected chi connectivity index (χ1v) is 9.92. The Morgan fingerprint density at radius 3 is 2.24 bits per heavy atom. The molecule has 150 valence electrons. The molecule has 29 heavy (non-hydrogen) atoms. The summed E-state index contributed by atoms with van der Waals surface area (Å²) in [5.41, 5.74) is 2.85. The Morgan fingerprint density at radius 2 is 1.62 bits per heavy atom. The fourth-order valence-corrected chi connectivity index (χ4v) is 3.93. The maximum atomic E-state index is 13.8. The highest BCUT2D eigenvalue weighted by Crippen LogP contribution is 2.35. The highest BCUT2D eigenvalue weighted by Gasteiger charge is 2.43. The van der Waals surface area contributed by atoms with Crippen molar-refractivity contribution in [3.8, 4) is 0 Å². The van der Waals surface area contributed by atoms with Crippen LogP contribution in [0.2, 0.25) is 0 Å². The quantitative estimate of drug-likeness (QED) is 0.749. The van der Waals surface area contributed by atoms with Gasteiger partial charge in [-0.25, -0.2) is 9.29 Å². The lowest BCUT2D eigenvalue weighted by Crippen LogP contribution is -2.47. The molecule has 2 amide bonds. The summed E-state index contributed by atoms with van der Waals surface area (Å²) >= 11 is 0. The monoisotopic (exact) mass is 393 g/mol. The Morgan fingerprint density at radius 1 is 0.931 bits per heavy atom. The van der Waals surface area contributed by atoms with Crippen molar-refractivity contribution in [3.05, 3.63) is 71.2 Å². The number of aryl methyl sites for hydroxylation is 1. The maximum absolute atomic E-state index is 13.8. The van der Waals surface area contributed by atoms with Gasteiger partial charge in [0.15, 0.2) is 0 Å². The molecule has 2 aromatic rings. The number of halogens is 1. The molecule has 0 atom stereocenters. The number of hydrogen-bond acceptors (Lipinski definition) is 4. The first-order chi connectivity index (χ1) is 14.0. The van der Waals surface area contributed by atoms with Crippen molar-refractivity contribution >= 4 is 23.1 Å². The van der Waals surface area contributed by atoms with Gasteiger partial charge in [-0.05, 0) is 37.2 Å². The lowest BCUT2D eigenvalue weighted by atomic mass is 10.0. The maximum Gasteiger partial charge on any atom is 0.282 e. The van der Waals surface area contributed by atoms with Gasteiger partial charge in [-0.1, -0.05) is 42.8 Å². The van der Waals surface area contributed by atoms with Gasteiger partial charge >= 0.3 is 0 Å². The van der Waals surface area contributed by atoms with E-state index in [9.17, 15) is 14.0 Å². The third-order valence-electron chi connectivity index (χ3n) is 5.60. The number of piperazine rings is 1. The molecule has 0 aliphatic carbocycles. The van der Waals surface area contributed by atoms with E-state index < -0.39 is 11.7 Å². The lowest BCUT2D eigenvalue weighted by molar-refractivity contribution is -0.120. The number of benzene rings is 2. The van der Waals surface area contributed by atoms with E-state index in [1.807, 2.05) is 36.1 Å². The smallest absolute Gasteiger partial charge is 0.282 e. The third-order valence-corrected chi connectivity index (χ3v) is 5.60. The summed E-state index contributed by atoms with van der Waals surface area (Å²) in [6, 6.07) is 13.2. The van der Waals surface area contributed by atoms with Gasteiger partial charge in [0.1, 0.15) is 11.5 Å². The second-order valence-electron chi connectivity index (χ2n) is 7.44. The second-order valence-corrected chi connectivity index (χ2v) is 7.44. The van der Waals surface area contributed by atoms with Gasteiger partial charge < -0.3 is 9.80 Å². The average Bonchev–Trinajstić information content (AvgIpc) is 2.99. The van der Waals surface area contributed by atoms with Crippen molar-refractivity contribution in [2.75, 3.05) is 37.6 Å². The summed E-state index contributed by atoms with van der Waals surface area (Å²) in [5, 5.41) is 0. The zero-order valence-corrected chi connectivity index (χ0v) is 16.7. The highest BCUT2D eigenvalue weighted by atomic mass is 19.1. The molecule has 0 aromatic heterocycles. The van der Waals surface area contributed by atoms with Crippen LogP contribution in [0.5, 0.6) is 0 Å². The molecule has 6 heteroatoms. The Balaban J connectivity index is 1.78. The van der Waals surface area contributed by atoms with E-state index in [-0.39, 0.29) is 11.6 Å². The van der Waals surface area contributed by atoms with Crippen LogP contribution in [0.1, 0.15) is 18.1 Å². The number of imide groups is 1. The second kappa shape index (κ2) is 7.79. The molecule has 2 heterocycles. The minimum atomic E-state index is -0.481. The largest absolute Gasteiger partial charge is 0.364 e. The lowest BCUT2D eigenvalue weighted by Gasteiger charge is -2.36. The van der Waals surface area contributed by atoms with E-state index >= 15 is 0 Å². The standard InChI is InChI=1S/C23H24FN3O2/c1-3-25-11-13-26(14-12-25)21-20(17-9-7-16(2)8-10-17)22(28)27(23(21)29)19-6-4-5-18(24)15-19/h4-10,15H,3,11-14H2,1-2H3. The van der Waals surface area contributed by atoms with Crippen LogP contribution in [0.3, 0.4) is 0 Å². The first-order valence-electron chi connectivity index (χ1n) is 9.92. The topological polar surface area (TPSA) is 43.9 Å². The highest BCUT2D eigenvalue weighted by molar-refractivity contribution is 6.45. The molecule has 0 spiro atoms. The van der Waals surface area contributed by atoms with Crippen LogP contribution in [0.4, 0.5) is 10.1 Å². The summed E-state index contributed by atoms with van der Waals surface area (Å²) in [7, 11) is 0. The van der Waals surface area contributed by atoms with Gasteiger partial charge in [-0.2, -0.15) is 0 Å². The van der Waals surface area contributed by atoms with Gasteiger partial charge in [0, 0.05) is 26.2 Å². The molecular formula is C23H24FN3O2. The molecule has 0 bridgehead atoms. The molecule has 1 saturated heterocycles. The third kappa shape index (κ3) is 3.56. The van der Waals surface area contributed by atoms with Crippen LogP contribution >= 0.6 is 0 Å². The molecule has 4 rings (SSSR count). The van der Waals surface area contributed by atoms with Crippen molar-refractivity contribution in [1.29, 1.82) is 0 Å². The van der Waals surface area contributed by atoms with Crippen molar-refractivity contribution in [1.82, 2.24) is 9.80 Å². The van der Waals surface area contributed by atoms with Gasteiger partial charge in [0.25, 0.3) is 11.8 Å².